The maximum atomic E-state index is 12.1. The number of nitrogens with one attached hydrogen (secondary N) is 2. The third-order valence-corrected chi connectivity index (χ3v) is 4.53. The Kier molecular flexibility index (Phi) is 6.57. The Hall–Kier alpha value is -1.67. The second kappa shape index (κ2) is 7.94. The number of hydrogen-bond donors (Lipinski definition) is 2. The normalized spacial score (nSPS) is 11.3. The van der Waals surface area contributed by atoms with Gasteiger partial charge >= 0.3 is 0 Å². The van der Waals surface area contributed by atoms with E-state index in [1.807, 2.05) is 0 Å². The Bertz CT molecular complexity index is 587. The summed E-state index contributed by atoms with van der Waals surface area (Å²) >= 11 is 0. The van der Waals surface area contributed by atoms with Crippen molar-refractivity contribution in [3.8, 4) is 0 Å². The number of benzene rings is 1. The van der Waals surface area contributed by atoms with Gasteiger partial charge in [-0.2, -0.15) is 0 Å². The molecule has 0 amide bonds. The van der Waals surface area contributed by atoms with Crippen LogP contribution in [0.5, 0.6) is 0 Å². The number of nitrogens with zero attached hydrogens (tertiary/aromatic N) is 1. The van der Waals surface area contributed by atoms with Crippen LogP contribution >= 0.6 is 0 Å². The molecule has 118 valence electrons. The fourth-order valence-corrected chi connectivity index (χ4v) is 2.98. The number of nitro groups is 1. The van der Waals surface area contributed by atoms with Crippen molar-refractivity contribution in [2.45, 2.75) is 37.5 Å². The number of rotatable bonds is 9. The van der Waals surface area contributed by atoms with Gasteiger partial charge in [-0.25, -0.2) is 13.1 Å². The average molecular weight is 315 g/mol. The summed E-state index contributed by atoms with van der Waals surface area (Å²) in [6.07, 6.45) is 3.84. The smallest absolute Gasteiger partial charge is 0.293 e. The predicted molar refractivity (Wildman–Crippen MR) is 82.0 cm³/mol. The molecule has 0 radical (unpaired) electrons. The first-order valence-corrected chi connectivity index (χ1v) is 8.36. The lowest BCUT2D eigenvalue weighted by Gasteiger charge is -2.08. The van der Waals surface area contributed by atoms with E-state index in [4.69, 9.17) is 0 Å². The van der Waals surface area contributed by atoms with Gasteiger partial charge in [0.1, 0.15) is 5.69 Å². The van der Waals surface area contributed by atoms with Gasteiger partial charge in [0.2, 0.25) is 10.0 Å². The van der Waals surface area contributed by atoms with Gasteiger partial charge in [-0.1, -0.05) is 26.2 Å². The molecule has 0 saturated heterocycles. The third-order valence-electron chi connectivity index (χ3n) is 3.07. The van der Waals surface area contributed by atoms with E-state index < -0.39 is 14.9 Å². The SMILES string of the molecule is CCCCCCNS(=O)(=O)c1ccc(NC)c([N+](=O)[O-])c1. The summed E-state index contributed by atoms with van der Waals surface area (Å²) in [6, 6.07) is 3.82. The molecule has 0 unspecified atom stereocenters. The molecule has 0 heterocycles. The van der Waals surface area contributed by atoms with Crippen LogP contribution in [-0.2, 0) is 10.0 Å². The second-order valence-corrected chi connectivity index (χ2v) is 6.41. The fourth-order valence-electron chi connectivity index (χ4n) is 1.88. The summed E-state index contributed by atoms with van der Waals surface area (Å²) < 4.78 is 26.6. The monoisotopic (exact) mass is 315 g/mol. The molecule has 7 nitrogen and oxygen atoms in total. The number of nitro benzene ring substituents is 1. The van der Waals surface area contributed by atoms with Crippen LogP contribution in [0.3, 0.4) is 0 Å². The average Bonchev–Trinajstić information content (AvgIpc) is 2.46. The minimum Gasteiger partial charge on any atom is -0.383 e. The van der Waals surface area contributed by atoms with Crippen LogP contribution < -0.4 is 10.0 Å². The van der Waals surface area contributed by atoms with Crippen molar-refractivity contribution in [3.63, 3.8) is 0 Å². The van der Waals surface area contributed by atoms with E-state index in [9.17, 15) is 18.5 Å². The van der Waals surface area contributed by atoms with Crippen LogP contribution in [-0.4, -0.2) is 26.9 Å². The van der Waals surface area contributed by atoms with E-state index in [1.165, 1.54) is 12.1 Å². The molecule has 0 aliphatic heterocycles. The molecule has 0 aliphatic carbocycles. The van der Waals surface area contributed by atoms with E-state index in [-0.39, 0.29) is 16.3 Å². The predicted octanol–water partition coefficient (Wildman–Crippen LogP) is 2.50. The largest absolute Gasteiger partial charge is 0.383 e. The number of unbranched alkanes of at least 4 members (excludes halogenated alkanes) is 3. The molecule has 21 heavy (non-hydrogen) atoms. The standard InChI is InChI=1S/C13H21N3O4S/c1-3-4-5-6-9-15-21(19,20)11-7-8-12(14-2)13(10-11)16(17)18/h7-8,10,14-15H,3-6,9H2,1-2H3. The lowest BCUT2D eigenvalue weighted by Crippen LogP contribution is -2.24. The van der Waals surface area contributed by atoms with Crippen molar-refractivity contribution in [1.29, 1.82) is 0 Å². The molecule has 0 bridgehead atoms. The van der Waals surface area contributed by atoms with Gasteiger partial charge in [-0.15, -0.1) is 0 Å². The van der Waals surface area contributed by atoms with E-state index in [1.54, 1.807) is 7.05 Å². The van der Waals surface area contributed by atoms with Crippen LogP contribution in [0.2, 0.25) is 0 Å². The summed E-state index contributed by atoms with van der Waals surface area (Å²) in [4.78, 5) is 10.2. The molecule has 0 saturated carbocycles. The zero-order valence-electron chi connectivity index (χ0n) is 12.3. The maximum Gasteiger partial charge on any atom is 0.293 e. The first kappa shape index (κ1) is 17.4. The highest BCUT2D eigenvalue weighted by Gasteiger charge is 2.20. The summed E-state index contributed by atoms with van der Waals surface area (Å²) in [7, 11) is -2.17. The van der Waals surface area contributed by atoms with E-state index in [0.717, 1.165) is 31.7 Å². The number of sulfonamides is 1. The van der Waals surface area contributed by atoms with Gasteiger partial charge in [0.15, 0.2) is 0 Å². The quantitative estimate of drug-likeness (QED) is 0.414. The molecule has 8 heteroatoms. The van der Waals surface area contributed by atoms with Gasteiger partial charge in [-0.3, -0.25) is 10.1 Å². The van der Waals surface area contributed by atoms with E-state index in [0.29, 0.717) is 6.54 Å². The Morgan fingerprint density at radius 1 is 1.24 bits per heavy atom. The Morgan fingerprint density at radius 3 is 2.52 bits per heavy atom. The molecule has 2 N–H and O–H groups in total. The van der Waals surface area contributed by atoms with Crippen LogP contribution in [0.4, 0.5) is 11.4 Å². The van der Waals surface area contributed by atoms with Crippen LogP contribution in [0, 0.1) is 10.1 Å². The van der Waals surface area contributed by atoms with Crippen molar-refractivity contribution in [2.75, 3.05) is 18.9 Å². The molecule has 1 aromatic rings. The van der Waals surface area contributed by atoms with Gasteiger partial charge in [-0.05, 0) is 18.6 Å². The molecule has 0 aliphatic rings. The molecule has 0 aromatic heterocycles. The number of anilines is 1. The van der Waals surface area contributed by atoms with E-state index >= 15 is 0 Å². The number of hydrogen-bond acceptors (Lipinski definition) is 5. The van der Waals surface area contributed by atoms with Crippen LogP contribution in [0.25, 0.3) is 0 Å². The van der Waals surface area contributed by atoms with Gasteiger partial charge < -0.3 is 5.32 Å². The highest BCUT2D eigenvalue weighted by atomic mass is 32.2. The summed E-state index contributed by atoms with van der Waals surface area (Å²) in [6.45, 7) is 2.41. The second-order valence-electron chi connectivity index (χ2n) is 4.64. The lowest BCUT2D eigenvalue weighted by molar-refractivity contribution is -0.384. The van der Waals surface area contributed by atoms with Crippen molar-refractivity contribution in [3.05, 3.63) is 28.3 Å². The molecule has 0 atom stereocenters. The Morgan fingerprint density at radius 2 is 1.95 bits per heavy atom. The topological polar surface area (TPSA) is 101 Å². The Labute approximate surface area is 124 Å². The van der Waals surface area contributed by atoms with Crippen LogP contribution in [0.15, 0.2) is 23.1 Å². The molecule has 0 spiro atoms. The first-order valence-electron chi connectivity index (χ1n) is 6.88. The summed E-state index contributed by atoms with van der Waals surface area (Å²) in [5.74, 6) is 0. The van der Waals surface area contributed by atoms with E-state index in [2.05, 4.69) is 17.0 Å². The van der Waals surface area contributed by atoms with Crippen LogP contribution in [0.1, 0.15) is 32.6 Å². The summed E-state index contributed by atoms with van der Waals surface area (Å²) in [5.41, 5.74) is 0.0215. The van der Waals surface area contributed by atoms with Crippen molar-refractivity contribution in [2.24, 2.45) is 0 Å². The minimum absolute atomic E-state index is 0.0938. The molecular formula is C13H21N3O4S. The van der Waals surface area contributed by atoms with Crippen molar-refractivity contribution >= 4 is 21.4 Å². The molecular weight excluding hydrogens is 294 g/mol. The zero-order chi connectivity index (χ0) is 15.9. The van der Waals surface area contributed by atoms with Crippen molar-refractivity contribution < 1.29 is 13.3 Å². The first-order chi connectivity index (χ1) is 9.92. The molecule has 1 rings (SSSR count). The molecule has 1 aromatic carbocycles. The van der Waals surface area contributed by atoms with Gasteiger partial charge in [0.25, 0.3) is 5.69 Å². The minimum atomic E-state index is -3.71. The summed E-state index contributed by atoms with van der Waals surface area (Å²) in [5, 5.41) is 13.6. The Balaban J connectivity index is 2.83. The fraction of sp³-hybridized carbons (Fsp3) is 0.538. The highest BCUT2D eigenvalue weighted by molar-refractivity contribution is 7.89. The third kappa shape index (κ3) is 4.98. The van der Waals surface area contributed by atoms with Crippen molar-refractivity contribution in [1.82, 2.24) is 4.72 Å². The van der Waals surface area contributed by atoms with Gasteiger partial charge in [0.05, 0.1) is 9.82 Å². The maximum absolute atomic E-state index is 12.1. The van der Waals surface area contributed by atoms with Gasteiger partial charge in [0, 0.05) is 19.7 Å². The lowest BCUT2D eigenvalue weighted by atomic mass is 10.2. The zero-order valence-corrected chi connectivity index (χ0v) is 13.1. The molecule has 0 fully saturated rings. The highest BCUT2D eigenvalue weighted by Crippen LogP contribution is 2.26.